The summed E-state index contributed by atoms with van der Waals surface area (Å²) in [5, 5.41) is 12.7. The predicted molar refractivity (Wildman–Crippen MR) is 72.4 cm³/mol. The summed E-state index contributed by atoms with van der Waals surface area (Å²) < 4.78 is 5.24. The molecule has 0 saturated heterocycles. The van der Waals surface area contributed by atoms with Gasteiger partial charge >= 0.3 is 0 Å². The molecule has 4 nitrogen and oxygen atoms in total. The maximum absolute atomic E-state index is 9.43. The Bertz CT molecular complexity index is 176. The van der Waals surface area contributed by atoms with Crippen LogP contribution in [0.2, 0.25) is 0 Å². The third kappa shape index (κ3) is 6.36. The van der Waals surface area contributed by atoms with Gasteiger partial charge in [-0.05, 0) is 46.8 Å². The number of nitrogens with one attached hydrogen (secondary N) is 1. The predicted octanol–water partition coefficient (Wildman–Crippen LogP) is 1.09. The van der Waals surface area contributed by atoms with E-state index in [9.17, 15) is 5.11 Å². The van der Waals surface area contributed by atoms with Crippen LogP contribution in [0, 0.1) is 0 Å². The van der Waals surface area contributed by atoms with Gasteiger partial charge in [-0.25, -0.2) is 0 Å². The highest BCUT2D eigenvalue weighted by atomic mass is 16.5. The number of aliphatic hydroxyl groups is 1. The average Bonchev–Trinajstić information content (AvgIpc) is 2.35. The molecule has 0 saturated carbocycles. The second-order valence-electron chi connectivity index (χ2n) is 4.95. The van der Waals surface area contributed by atoms with Gasteiger partial charge in [-0.2, -0.15) is 0 Å². The molecule has 0 spiro atoms. The molecule has 0 aliphatic rings. The molecule has 0 rings (SSSR count). The van der Waals surface area contributed by atoms with Crippen LogP contribution in [-0.2, 0) is 4.74 Å². The minimum absolute atomic E-state index is 0.103. The highest BCUT2D eigenvalue weighted by Gasteiger charge is 2.24. The Kier molecular flexibility index (Phi) is 8.78. The summed E-state index contributed by atoms with van der Waals surface area (Å²) in [5.41, 5.74) is -0.103. The molecule has 0 aliphatic heterocycles. The molecule has 0 aliphatic carbocycles. The Morgan fingerprint density at radius 2 is 2.12 bits per heavy atom. The number of nitrogens with zero attached hydrogens (tertiary/aromatic N) is 1. The Labute approximate surface area is 106 Å². The first-order valence-electron chi connectivity index (χ1n) is 6.54. The largest absolute Gasteiger partial charge is 0.394 e. The Balaban J connectivity index is 3.88. The zero-order chi connectivity index (χ0) is 13.3. The summed E-state index contributed by atoms with van der Waals surface area (Å²) in [5.74, 6) is 0. The first kappa shape index (κ1) is 16.8. The normalized spacial score (nSPS) is 17.1. The molecule has 0 radical (unpaired) electrons. The number of methoxy groups -OCH3 is 1. The van der Waals surface area contributed by atoms with Crippen molar-refractivity contribution in [3.8, 4) is 0 Å². The molecule has 2 N–H and O–H groups in total. The molecular weight excluding hydrogens is 216 g/mol. The number of aliphatic hydroxyl groups excluding tert-OH is 1. The maximum atomic E-state index is 9.43. The second-order valence-corrected chi connectivity index (χ2v) is 4.95. The lowest BCUT2D eigenvalue weighted by Crippen LogP contribution is -2.46. The summed E-state index contributed by atoms with van der Waals surface area (Å²) >= 11 is 0. The Morgan fingerprint density at radius 3 is 2.53 bits per heavy atom. The number of hydrogen-bond acceptors (Lipinski definition) is 4. The zero-order valence-electron chi connectivity index (χ0n) is 12.1. The van der Waals surface area contributed by atoms with Crippen LogP contribution in [0.25, 0.3) is 0 Å². The molecule has 0 amide bonds. The van der Waals surface area contributed by atoms with E-state index in [1.807, 2.05) is 7.05 Å². The third-order valence-corrected chi connectivity index (χ3v) is 3.68. The fourth-order valence-corrected chi connectivity index (χ4v) is 2.04. The number of ether oxygens (including phenoxy) is 1. The van der Waals surface area contributed by atoms with E-state index in [1.165, 1.54) is 0 Å². The lowest BCUT2D eigenvalue weighted by molar-refractivity contribution is 0.0829. The zero-order valence-corrected chi connectivity index (χ0v) is 12.1. The van der Waals surface area contributed by atoms with Crippen molar-refractivity contribution in [2.45, 2.75) is 44.8 Å². The van der Waals surface area contributed by atoms with Crippen molar-refractivity contribution in [1.82, 2.24) is 10.2 Å². The number of hydrogen-bond donors (Lipinski definition) is 2. The van der Waals surface area contributed by atoms with Crippen molar-refractivity contribution < 1.29 is 9.84 Å². The van der Waals surface area contributed by atoms with E-state index >= 15 is 0 Å². The van der Waals surface area contributed by atoms with E-state index in [0.717, 1.165) is 32.4 Å². The minimum Gasteiger partial charge on any atom is -0.394 e. The molecule has 0 aromatic heterocycles. The van der Waals surface area contributed by atoms with Crippen molar-refractivity contribution in [3.05, 3.63) is 0 Å². The molecule has 2 unspecified atom stereocenters. The van der Waals surface area contributed by atoms with Gasteiger partial charge in [0.15, 0.2) is 0 Å². The summed E-state index contributed by atoms with van der Waals surface area (Å²) in [4.78, 5) is 2.28. The molecule has 4 heteroatoms. The fourth-order valence-electron chi connectivity index (χ4n) is 2.04. The van der Waals surface area contributed by atoms with E-state index in [2.05, 4.69) is 31.1 Å². The lowest BCUT2D eigenvalue weighted by Gasteiger charge is -2.31. The van der Waals surface area contributed by atoms with Gasteiger partial charge in [0.25, 0.3) is 0 Å². The van der Waals surface area contributed by atoms with Gasteiger partial charge < -0.3 is 20.1 Å². The Morgan fingerprint density at radius 1 is 1.47 bits per heavy atom. The lowest BCUT2D eigenvalue weighted by atomic mass is 9.91. The van der Waals surface area contributed by atoms with Gasteiger partial charge in [-0.15, -0.1) is 0 Å². The van der Waals surface area contributed by atoms with Crippen LogP contribution in [0.3, 0.4) is 0 Å². The smallest absolute Gasteiger partial charge is 0.0669 e. The number of likely N-dealkylation sites (N-methyl/N-ethyl adjacent to an activating group) is 2. The van der Waals surface area contributed by atoms with Crippen molar-refractivity contribution >= 4 is 0 Å². The second kappa shape index (κ2) is 8.86. The van der Waals surface area contributed by atoms with Crippen molar-refractivity contribution in [2.24, 2.45) is 0 Å². The first-order chi connectivity index (χ1) is 8.03. The van der Waals surface area contributed by atoms with Crippen molar-refractivity contribution in [2.75, 3.05) is 40.9 Å². The van der Waals surface area contributed by atoms with Crippen LogP contribution >= 0.6 is 0 Å². The van der Waals surface area contributed by atoms with Gasteiger partial charge in [-0.1, -0.05) is 6.92 Å². The van der Waals surface area contributed by atoms with Crippen LogP contribution in [0.5, 0.6) is 0 Å². The van der Waals surface area contributed by atoms with Crippen molar-refractivity contribution in [3.63, 3.8) is 0 Å². The summed E-state index contributed by atoms with van der Waals surface area (Å²) in [6.07, 6.45) is 3.32. The van der Waals surface area contributed by atoms with E-state index in [4.69, 9.17) is 4.74 Å². The van der Waals surface area contributed by atoms with Crippen LogP contribution in [0.4, 0.5) is 0 Å². The number of rotatable bonds is 10. The van der Waals surface area contributed by atoms with Gasteiger partial charge in [0.05, 0.1) is 12.7 Å². The SMILES string of the molecule is CCC(CO)(CCCN(C)CC(C)OC)NC. The van der Waals surface area contributed by atoms with Gasteiger partial charge in [0.1, 0.15) is 0 Å². The molecule has 104 valence electrons. The molecule has 0 heterocycles. The molecule has 0 aromatic carbocycles. The van der Waals surface area contributed by atoms with E-state index in [1.54, 1.807) is 7.11 Å². The molecule has 0 fully saturated rings. The van der Waals surface area contributed by atoms with E-state index in [0.29, 0.717) is 0 Å². The molecule has 0 bridgehead atoms. The van der Waals surface area contributed by atoms with Crippen LogP contribution in [0.1, 0.15) is 33.1 Å². The topological polar surface area (TPSA) is 44.7 Å². The van der Waals surface area contributed by atoms with Crippen LogP contribution in [-0.4, -0.2) is 62.6 Å². The summed E-state index contributed by atoms with van der Waals surface area (Å²) in [7, 11) is 5.78. The van der Waals surface area contributed by atoms with Gasteiger partial charge in [0, 0.05) is 19.2 Å². The van der Waals surface area contributed by atoms with Gasteiger partial charge in [-0.3, -0.25) is 0 Å². The average molecular weight is 246 g/mol. The minimum atomic E-state index is -0.103. The fraction of sp³-hybridized carbons (Fsp3) is 1.00. The monoisotopic (exact) mass is 246 g/mol. The van der Waals surface area contributed by atoms with E-state index in [-0.39, 0.29) is 18.2 Å². The quantitative estimate of drug-likeness (QED) is 0.606. The highest BCUT2D eigenvalue weighted by Crippen LogP contribution is 2.16. The first-order valence-corrected chi connectivity index (χ1v) is 6.54. The van der Waals surface area contributed by atoms with Crippen LogP contribution in [0.15, 0.2) is 0 Å². The van der Waals surface area contributed by atoms with Crippen LogP contribution < -0.4 is 5.32 Å². The standard InChI is InChI=1S/C13H30N2O2/c1-6-13(11-16,14-3)8-7-9-15(4)10-12(2)17-5/h12,14,16H,6-11H2,1-5H3. The molecule has 0 aromatic rings. The molecular formula is C13H30N2O2. The summed E-state index contributed by atoms with van der Waals surface area (Å²) in [6.45, 7) is 6.39. The maximum Gasteiger partial charge on any atom is 0.0669 e. The van der Waals surface area contributed by atoms with E-state index < -0.39 is 0 Å². The summed E-state index contributed by atoms with van der Waals surface area (Å²) in [6, 6.07) is 0. The van der Waals surface area contributed by atoms with Crippen molar-refractivity contribution in [1.29, 1.82) is 0 Å². The Hall–Kier alpha value is -0.160. The van der Waals surface area contributed by atoms with Gasteiger partial charge in [0.2, 0.25) is 0 Å². The molecule has 2 atom stereocenters. The molecule has 17 heavy (non-hydrogen) atoms. The third-order valence-electron chi connectivity index (χ3n) is 3.68. The highest BCUT2D eigenvalue weighted by molar-refractivity contribution is 4.84.